The molecule has 158 valence electrons. The number of pyridine rings is 1. The SMILES string of the molecule is CCNC(=NCCOc1ccc(C(F)(F)F)cn1)N(C)CC(=O)N(CC)CC. The summed E-state index contributed by atoms with van der Waals surface area (Å²) in [6.45, 7) is 8.27. The minimum Gasteiger partial charge on any atom is -0.476 e. The summed E-state index contributed by atoms with van der Waals surface area (Å²) in [6.07, 6.45) is -3.70. The second kappa shape index (κ2) is 11.4. The molecule has 28 heavy (non-hydrogen) atoms. The molecule has 0 aliphatic rings. The number of hydrogen-bond donors (Lipinski definition) is 1. The van der Waals surface area contributed by atoms with E-state index in [2.05, 4.69) is 15.3 Å². The fourth-order valence-corrected chi connectivity index (χ4v) is 2.36. The molecule has 0 saturated heterocycles. The van der Waals surface area contributed by atoms with E-state index in [1.807, 2.05) is 20.8 Å². The van der Waals surface area contributed by atoms with Gasteiger partial charge >= 0.3 is 6.18 Å². The number of halogens is 3. The number of nitrogens with one attached hydrogen (secondary N) is 1. The molecule has 0 aromatic carbocycles. The maximum Gasteiger partial charge on any atom is 0.417 e. The minimum atomic E-state index is -4.43. The van der Waals surface area contributed by atoms with Crippen LogP contribution in [0.3, 0.4) is 0 Å². The zero-order chi connectivity index (χ0) is 21.2. The predicted octanol–water partition coefficient (Wildman–Crippen LogP) is 2.24. The summed E-state index contributed by atoms with van der Waals surface area (Å²) in [5, 5.41) is 3.09. The second-order valence-electron chi connectivity index (χ2n) is 5.89. The summed E-state index contributed by atoms with van der Waals surface area (Å²) in [7, 11) is 1.77. The Labute approximate surface area is 163 Å². The molecule has 0 radical (unpaired) electrons. The monoisotopic (exact) mass is 403 g/mol. The van der Waals surface area contributed by atoms with Crippen molar-refractivity contribution in [1.82, 2.24) is 20.1 Å². The van der Waals surface area contributed by atoms with Crippen molar-refractivity contribution in [2.24, 2.45) is 4.99 Å². The fourth-order valence-electron chi connectivity index (χ4n) is 2.36. The first-order valence-corrected chi connectivity index (χ1v) is 9.16. The van der Waals surface area contributed by atoms with Crippen LogP contribution in [0.15, 0.2) is 23.3 Å². The summed E-state index contributed by atoms with van der Waals surface area (Å²) in [4.78, 5) is 23.7. The summed E-state index contributed by atoms with van der Waals surface area (Å²) < 4.78 is 42.9. The number of amides is 1. The van der Waals surface area contributed by atoms with Crippen molar-refractivity contribution in [3.05, 3.63) is 23.9 Å². The Morgan fingerprint density at radius 1 is 1.25 bits per heavy atom. The number of alkyl halides is 3. The molecular formula is C18H28F3N5O2. The number of likely N-dealkylation sites (N-methyl/N-ethyl adjacent to an activating group) is 2. The Kier molecular flexibility index (Phi) is 9.54. The van der Waals surface area contributed by atoms with Crippen LogP contribution < -0.4 is 10.1 Å². The number of ether oxygens (including phenoxy) is 1. The lowest BCUT2D eigenvalue weighted by Crippen LogP contribution is -2.45. The fraction of sp³-hybridized carbons (Fsp3) is 0.611. The highest BCUT2D eigenvalue weighted by Crippen LogP contribution is 2.29. The van der Waals surface area contributed by atoms with E-state index in [-0.39, 0.29) is 31.5 Å². The molecule has 1 heterocycles. The molecule has 10 heteroatoms. The Morgan fingerprint density at radius 3 is 2.43 bits per heavy atom. The van der Waals surface area contributed by atoms with E-state index >= 15 is 0 Å². The van der Waals surface area contributed by atoms with Crippen molar-refractivity contribution in [2.75, 3.05) is 46.4 Å². The van der Waals surface area contributed by atoms with Gasteiger partial charge in [0.25, 0.3) is 0 Å². The third-order valence-corrected chi connectivity index (χ3v) is 3.85. The van der Waals surface area contributed by atoms with E-state index in [9.17, 15) is 18.0 Å². The molecule has 1 rings (SSSR count). The van der Waals surface area contributed by atoms with E-state index in [1.165, 1.54) is 6.07 Å². The average molecular weight is 403 g/mol. The number of aromatic nitrogens is 1. The molecule has 0 aliphatic carbocycles. The van der Waals surface area contributed by atoms with Gasteiger partial charge in [0.15, 0.2) is 5.96 Å². The summed E-state index contributed by atoms with van der Waals surface area (Å²) >= 11 is 0. The van der Waals surface area contributed by atoms with Gasteiger partial charge in [0, 0.05) is 38.9 Å². The van der Waals surface area contributed by atoms with Gasteiger partial charge in [-0.2, -0.15) is 13.2 Å². The van der Waals surface area contributed by atoms with Crippen LogP contribution in [0, 0.1) is 0 Å². The normalized spacial score (nSPS) is 11.9. The maximum absolute atomic E-state index is 12.5. The van der Waals surface area contributed by atoms with Crippen LogP contribution in [0.1, 0.15) is 26.3 Å². The summed E-state index contributed by atoms with van der Waals surface area (Å²) in [5.74, 6) is 0.647. The molecule has 1 amide bonds. The van der Waals surface area contributed by atoms with Crippen LogP contribution in [0.25, 0.3) is 0 Å². The molecule has 0 atom stereocenters. The molecule has 0 spiro atoms. The van der Waals surface area contributed by atoms with E-state index in [0.717, 1.165) is 12.3 Å². The highest BCUT2D eigenvalue weighted by atomic mass is 19.4. The smallest absolute Gasteiger partial charge is 0.417 e. The third kappa shape index (κ3) is 7.61. The first-order valence-electron chi connectivity index (χ1n) is 9.16. The third-order valence-electron chi connectivity index (χ3n) is 3.85. The highest BCUT2D eigenvalue weighted by molar-refractivity contribution is 5.86. The van der Waals surface area contributed by atoms with Crippen LogP contribution in [0.2, 0.25) is 0 Å². The van der Waals surface area contributed by atoms with Crippen LogP contribution in [-0.4, -0.2) is 73.0 Å². The average Bonchev–Trinajstić information content (AvgIpc) is 2.64. The molecule has 0 bridgehead atoms. The Hall–Kier alpha value is -2.52. The topological polar surface area (TPSA) is 70.1 Å². The Balaban J connectivity index is 2.58. The highest BCUT2D eigenvalue weighted by Gasteiger charge is 2.30. The van der Waals surface area contributed by atoms with Crippen LogP contribution in [-0.2, 0) is 11.0 Å². The largest absolute Gasteiger partial charge is 0.476 e. The number of carbonyl (C=O) groups excluding carboxylic acids is 1. The van der Waals surface area contributed by atoms with Gasteiger partial charge in [-0.05, 0) is 26.8 Å². The Bertz CT molecular complexity index is 631. The molecular weight excluding hydrogens is 375 g/mol. The summed E-state index contributed by atoms with van der Waals surface area (Å²) in [6, 6.07) is 2.09. The van der Waals surface area contributed by atoms with E-state index < -0.39 is 11.7 Å². The van der Waals surface area contributed by atoms with Gasteiger partial charge in [0.1, 0.15) is 6.61 Å². The molecule has 0 fully saturated rings. The van der Waals surface area contributed by atoms with Crippen molar-refractivity contribution >= 4 is 11.9 Å². The number of aliphatic imine (C=N–C) groups is 1. The molecule has 7 nitrogen and oxygen atoms in total. The first kappa shape index (κ1) is 23.5. The van der Waals surface area contributed by atoms with Crippen molar-refractivity contribution in [3.63, 3.8) is 0 Å². The summed E-state index contributed by atoms with van der Waals surface area (Å²) in [5.41, 5.74) is -0.827. The quantitative estimate of drug-likeness (QED) is 0.389. The van der Waals surface area contributed by atoms with Gasteiger partial charge < -0.3 is 19.9 Å². The van der Waals surface area contributed by atoms with Gasteiger partial charge in [0.2, 0.25) is 11.8 Å². The molecule has 1 N–H and O–H groups in total. The van der Waals surface area contributed by atoms with Crippen LogP contribution in [0.4, 0.5) is 13.2 Å². The van der Waals surface area contributed by atoms with E-state index in [4.69, 9.17) is 4.74 Å². The van der Waals surface area contributed by atoms with Gasteiger partial charge in [-0.15, -0.1) is 0 Å². The van der Waals surface area contributed by atoms with Crippen molar-refractivity contribution in [1.29, 1.82) is 0 Å². The van der Waals surface area contributed by atoms with Gasteiger partial charge in [-0.3, -0.25) is 4.79 Å². The van der Waals surface area contributed by atoms with Crippen molar-refractivity contribution in [3.8, 4) is 5.88 Å². The minimum absolute atomic E-state index is 0.00306. The molecule has 1 aromatic heterocycles. The van der Waals surface area contributed by atoms with E-state index in [1.54, 1.807) is 16.8 Å². The lowest BCUT2D eigenvalue weighted by atomic mass is 10.3. The standard InChI is InChI=1S/C18H28F3N5O2/c1-5-22-17(25(4)13-16(27)26(6-2)7-3)23-10-11-28-15-9-8-14(12-24-15)18(19,20)21/h8-9,12H,5-7,10-11,13H2,1-4H3,(H,22,23). The molecule has 0 aliphatic heterocycles. The van der Waals surface area contributed by atoms with Gasteiger partial charge in [-0.1, -0.05) is 0 Å². The molecule has 0 saturated carbocycles. The molecule has 1 aromatic rings. The Morgan fingerprint density at radius 2 is 1.93 bits per heavy atom. The number of rotatable bonds is 9. The number of carbonyl (C=O) groups is 1. The van der Waals surface area contributed by atoms with Crippen LogP contribution in [0.5, 0.6) is 5.88 Å². The van der Waals surface area contributed by atoms with Crippen molar-refractivity contribution < 1.29 is 22.7 Å². The zero-order valence-corrected chi connectivity index (χ0v) is 16.7. The van der Waals surface area contributed by atoms with Crippen molar-refractivity contribution in [2.45, 2.75) is 26.9 Å². The van der Waals surface area contributed by atoms with E-state index in [0.29, 0.717) is 25.6 Å². The number of nitrogens with zero attached hydrogens (tertiary/aromatic N) is 4. The van der Waals surface area contributed by atoms with Gasteiger partial charge in [0.05, 0.1) is 18.7 Å². The van der Waals surface area contributed by atoms with Gasteiger partial charge in [-0.25, -0.2) is 9.98 Å². The molecule has 0 unspecified atom stereocenters. The lowest BCUT2D eigenvalue weighted by Gasteiger charge is -2.25. The second-order valence-corrected chi connectivity index (χ2v) is 5.89. The number of guanidine groups is 1. The maximum atomic E-state index is 12.5. The predicted molar refractivity (Wildman–Crippen MR) is 101 cm³/mol. The first-order chi connectivity index (χ1) is 13.2. The lowest BCUT2D eigenvalue weighted by molar-refractivity contribution is -0.137. The zero-order valence-electron chi connectivity index (χ0n) is 16.7. The van der Waals surface area contributed by atoms with Crippen LogP contribution >= 0.6 is 0 Å². The number of hydrogen-bond acceptors (Lipinski definition) is 4.